The van der Waals surface area contributed by atoms with Crippen LogP contribution in [0.2, 0.25) is 0 Å². The largest absolute Gasteiger partial charge is 0.711 e. The van der Waals surface area contributed by atoms with Crippen molar-refractivity contribution in [2.75, 3.05) is 7.11 Å². The second kappa shape index (κ2) is 5.30. The Labute approximate surface area is 107 Å². The minimum Gasteiger partial charge on any atom is -0.711 e. The minimum absolute atomic E-state index is 0.0706. The summed E-state index contributed by atoms with van der Waals surface area (Å²) in [6, 6.07) is 3.38. The minimum atomic E-state index is -0.742. The molecule has 19 heavy (non-hydrogen) atoms. The summed E-state index contributed by atoms with van der Waals surface area (Å²) in [5.41, 5.74) is -0.0798. The third kappa shape index (κ3) is 2.95. The lowest BCUT2D eigenvalue weighted by Crippen LogP contribution is -2.25. The summed E-state index contributed by atoms with van der Waals surface area (Å²) in [5, 5.41) is 11.0. The number of carbonyl (C=O) groups is 1. The zero-order valence-corrected chi connectivity index (χ0v) is 9.87. The van der Waals surface area contributed by atoms with Crippen LogP contribution in [0.5, 0.6) is 11.5 Å². The molecule has 0 atom stereocenters. The molecule has 1 heterocycles. The molecular formula is C12H9FN2O4. The molecule has 6 nitrogen and oxygen atoms in total. The SMILES string of the molecule is COC(=O)c1cc(F)ccc1Oc1cnc[n+]([O-])c1. The highest BCUT2D eigenvalue weighted by atomic mass is 19.1. The Hall–Kier alpha value is -2.70. The van der Waals surface area contributed by atoms with Crippen LogP contribution in [-0.2, 0) is 4.74 Å². The molecule has 0 saturated carbocycles. The Morgan fingerprint density at radius 3 is 2.95 bits per heavy atom. The number of rotatable bonds is 3. The van der Waals surface area contributed by atoms with Crippen LogP contribution in [-0.4, -0.2) is 18.1 Å². The maximum atomic E-state index is 13.1. The quantitative estimate of drug-likeness (QED) is 0.476. The Morgan fingerprint density at radius 2 is 2.26 bits per heavy atom. The van der Waals surface area contributed by atoms with Gasteiger partial charge in [-0.25, -0.2) is 13.9 Å². The molecule has 0 aliphatic heterocycles. The van der Waals surface area contributed by atoms with E-state index in [1.807, 2.05) is 0 Å². The molecule has 1 aromatic carbocycles. The van der Waals surface area contributed by atoms with Gasteiger partial charge in [0.2, 0.25) is 5.75 Å². The van der Waals surface area contributed by atoms with Crippen molar-refractivity contribution in [3.63, 3.8) is 0 Å². The molecule has 0 saturated heterocycles. The molecule has 0 aliphatic carbocycles. The van der Waals surface area contributed by atoms with Crippen molar-refractivity contribution >= 4 is 5.97 Å². The van der Waals surface area contributed by atoms with Gasteiger partial charge in [0.15, 0.2) is 6.20 Å². The molecule has 0 fully saturated rings. The zero-order chi connectivity index (χ0) is 13.8. The average Bonchev–Trinajstić information content (AvgIpc) is 2.40. The molecule has 2 aromatic rings. The fraction of sp³-hybridized carbons (Fsp3) is 0.0833. The first kappa shape index (κ1) is 12.7. The predicted octanol–water partition coefficient (Wildman–Crippen LogP) is 1.43. The topological polar surface area (TPSA) is 75.4 Å². The van der Waals surface area contributed by atoms with E-state index in [0.717, 1.165) is 24.7 Å². The van der Waals surface area contributed by atoms with E-state index in [1.54, 1.807) is 0 Å². The van der Waals surface area contributed by atoms with Crippen LogP contribution in [0, 0.1) is 11.0 Å². The summed E-state index contributed by atoms with van der Waals surface area (Å²) in [4.78, 5) is 15.1. The monoisotopic (exact) mass is 264 g/mol. The van der Waals surface area contributed by atoms with E-state index in [1.165, 1.54) is 19.4 Å². The Bertz CT molecular complexity index is 618. The van der Waals surface area contributed by atoms with E-state index < -0.39 is 11.8 Å². The van der Waals surface area contributed by atoms with Crippen molar-refractivity contribution in [2.45, 2.75) is 0 Å². The molecule has 0 spiro atoms. The molecule has 98 valence electrons. The van der Waals surface area contributed by atoms with Crippen molar-refractivity contribution in [1.29, 1.82) is 0 Å². The van der Waals surface area contributed by atoms with Gasteiger partial charge in [-0.1, -0.05) is 4.98 Å². The van der Waals surface area contributed by atoms with E-state index in [-0.39, 0.29) is 17.1 Å². The van der Waals surface area contributed by atoms with Crippen LogP contribution >= 0.6 is 0 Å². The van der Waals surface area contributed by atoms with Crippen LogP contribution in [0.25, 0.3) is 0 Å². The lowest BCUT2D eigenvalue weighted by Gasteiger charge is -2.09. The molecule has 0 unspecified atom stereocenters. The van der Waals surface area contributed by atoms with Gasteiger partial charge in [-0.2, -0.15) is 0 Å². The number of aromatic nitrogens is 2. The molecule has 0 bridgehead atoms. The van der Waals surface area contributed by atoms with Crippen LogP contribution in [0.4, 0.5) is 4.39 Å². The lowest BCUT2D eigenvalue weighted by molar-refractivity contribution is -0.609. The molecule has 0 aliphatic rings. The number of esters is 1. The van der Waals surface area contributed by atoms with Gasteiger partial charge in [-0.05, 0) is 18.2 Å². The molecule has 0 radical (unpaired) electrons. The van der Waals surface area contributed by atoms with Crippen LogP contribution < -0.4 is 9.47 Å². The van der Waals surface area contributed by atoms with Crippen molar-refractivity contribution in [3.05, 3.63) is 53.5 Å². The van der Waals surface area contributed by atoms with Gasteiger partial charge < -0.3 is 14.7 Å². The number of benzene rings is 1. The van der Waals surface area contributed by atoms with Gasteiger partial charge in [0, 0.05) is 0 Å². The highest BCUT2D eigenvalue weighted by molar-refractivity contribution is 5.92. The molecular weight excluding hydrogens is 255 g/mol. The van der Waals surface area contributed by atoms with E-state index in [0.29, 0.717) is 4.73 Å². The van der Waals surface area contributed by atoms with E-state index >= 15 is 0 Å². The Kier molecular flexibility index (Phi) is 3.56. The first-order valence-corrected chi connectivity index (χ1v) is 5.19. The third-order valence-corrected chi connectivity index (χ3v) is 2.21. The van der Waals surface area contributed by atoms with Crippen molar-refractivity contribution in [1.82, 2.24) is 4.98 Å². The average molecular weight is 264 g/mol. The van der Waals surface area contributed by atoms with Crippen molar-refractivity contribution in [3.8, 4) is 11.5 Å². The van der Waals surface area contributed by atoms with Crippen LogP contribution in [0.15, 0.2) is 36.9 Å². The Morgan fingerprint density at radius 1 is 1.47 bits per heavy atom. The number of hydrogen-bond donors (Lipinski definition) is 0. The van der Waals surface area contributed by atoms with Crippen molar-refractivity contribution in [2.24, 2.45) is 0 Å². The van der Waals surface area contributed by atoms with Gasteiger partial charge in [0.25, 0.3) is 6.33 Å². The smallest absolute Gasteiger partial charge is 0.341 e. The summed E-state index contributed by atoms with van der Waals surface area (Å²) < 4.78 is 23.4. The number of carbonyl (C=O) groups excluding carboxylic acids is 1. The van der Waals surface area contributed by atoms with Gasteiger partial charge in [0.1, 0.15) is 23.3 Å². The van der Waals surface area contributed by atoms with Crippen LogP contribution in [0.3, 0.4) is 0 Å². The maximum Gasteiger partial charge on any atom is 0.341 e. The van der Waals surface area contributed by atoms with Gasteiger partial charge in [-0.3, -0.25) is 0 Å². The summed E-state index contributed by atoms with van der Waals surface area (Å²) in [7, 11) is 1.17. The Balaban J connectivity index is 2.37. The summed E-state index contributed by atoms with van der Waals surface area (Å²) in [6.45, 7) is 0. The number of methoxy groups -OCH3 is 1. The van der Waals surface area contributed by atoms with E-state index in [4.69, 9.17) is 4.74 Å². The fourth-order valence-corrected chi connectivity index (χ4v) is 1.40. The molecule has 7 heteroatoms. The second-order valence-electron chi connectivity index (χ2n) is 3.52. The normalized spacial score (nSPS) is 10.0. The molecule has 0 amide bonds. The standard InChI is InChI=1S/C12H9FN2O4/c1-18-12(16)10-4-8(13)2-3-11(10)19-9-5-14-7-15(17)6-9/h2-7H,1H3. The predicted molar refractivity (Wildman–Crippen MR) is 61.0 cm³/mol. The first-order chi connectivity index (χ1) is 9.10. The summed E-state index contributed by atoms with van der Waals surface area (Å²) in [5.74, 6) is -1.15. The summed E-state index contributed by atoms with van der Waals surface area (Å²) >= 11 is 0. The maximum absolute atomic E-state index is 13.1. The highest BCUT2D eigenvalue weighted by Gasteiger charge is 2.15. The van der Waals surface area contributed by atoms with Gasteiger partial charge in [-0.15, -0.1) is 0 Å². The molecule has 1 aromatic heterocycles. The number of nitrogens with zero attached hydrogens (tertiary/aromatic N) is 2. The third-order valence-electron chi connectivity index (χ3n) is 2.21. The number of hydrogen-bond acceptors (Lipinski definition) is 5. The first-order valence-electron chi connectivity index (χ1n) is 5.19. The van der Waals surface area contributed by atoms with Crippen molar-refractivity contribution < 1.29 is 23.4 Å². The summed E-state index contributed by atoms with van der Waals surface area (Å²) in [6.07, 6.45) is 3.45. The zero-order valence-electron chi connectivity index (χ0n) is 9.87. The fourth-order valence-electron chi connectivity index (χ4n) is 1.40. The number of ether oxygens (including phenoxy) is 2. The van der Waals surface area contributed by atoms with Gasteiger partial charge in [0.05, 0.1) is 7.11 Å². The van der Waals surface area contributed by atoms with E-state index in [9.17, 15) is 14.4 Å². The lowest BCUT2D eigenvalue weighted by atomic mass is 10.2. The van der Waals surface area contributed by atoms with Crippen LogP contribution in [0.1, 0.15) is 10.4 Å². The molecule has 0 N–H and O–H groups in total. The highest BCUT2D eigenvalue weighted by Crippen LogP contribution is 2.25. The molecule has 2 rings (SSSR count). The van der Waals surface area contributed by atoms with Gasteiger partial charge >= 0.3 is 5.97 Å². The second-order valence-corrected chi connectivity index (χ2v) is 3.52. The van der Waals surface area contributed by atoms with E-state index in [2.05, 4.69) is 9.72 Å². The number of halogens is 1.